The van der Waals surface area contributed by atoms with Gasteiger partial charge < -0.3 is 10.4 Å². The van der Waals surface area contributed by atoms with Crippen molar-refractivity contribution in [1.29, 1.82) is 0 Å². The van der Waals surface area contributed by atoms with E-state index in [4.69, 9.17) is 5.11 Å². The Hall–Kier alpha value is -1.16. The molecule has 0 amide bonds. The summed E-state index contributed by atoms with van der Waals surface area (Å²) >= 11 is 1.86. The van der Waals surface area contributed by atoms with Crippen LogP contribution in [0.25, 0.3) is 0 Å². The molecule has 0 fully saturated rings. The standard InChI is InChI=1S/C18H25NOS/c1-13-12-17(15(3)21-13)14(2)19-18(10-7-11-20)16-8-5-4-6-9-16/h4-6,8-9,12,14,18-20H,7,10-11H2,1-3H3/t14-,18+/m1/s1. The van der Waals surface area contributed by atoms with Gasteiger partial charge >= 0.3 is 0 Å². The second-order valence-electron chi connectivity index (χ2n) is 5.59. The molecule has 1 heterocycles. The maximum absolute atomic E-state index is 9.13. The summed E-state index contributed by atoms with van der Waals surface area (Å²) in [6.07, 6.45) is 1.77. The van der Waals surface area contributed by atoms with Gasteiger partial charge in [0.1, 0.15) is 0 Å². The summed E-state index contributed by atoms with van der Waals surface area (Å²) in [7, 11) is 0. The van der Waals surface area contributed by atoms with Gasteiger partial charge in [-0.15, -0.1) is 11.3 Å². The molecule has 0 aliphatic heterocycles. The molecule has 2 N–H and O–H groups in total. The number of aryl methyl sites for hydroxylation is 2. The number of aliphatic hydroxyl groups excluding tert-OH is 1. The van der Waals surface area contributed by atoms with Crippen LogP contribution >= 0.6 is 11.3 Å². The predicted octanol–water partition coefficient (Wildman–Crippen LogP) is 4.53. The molecule has 0 saturated carbocycles. The summed E-state index contributed by atoms with van der Waals surface area (Å²) in [6.45, 7) is 6.82. The monoisotopic (exact) mass is 303 g/mol. The fraction of sp³-hybridized carbons (Fsp3) is 0.444. The van der Waals surface area contributed by atoms with Crippen LogP contribution in [0.2, 0.25) is 0 Å². The number of rotatable bonds is 7. The molecule has 1 aromatic heterocycles. The number of hydrogen-bond donors (Lipinski definition) is 2. The maximum Gasteiger partial charge on any atom is 0.0431 e. The van der Waals surface area contributed by atoms with E-state index in [1.807, 2.05) is 17.4 Å². The molecule has 0 unspecified atom stereocenters. The Morgan fingerprint density at radius 3 is 2.48 bits per heavy atom. The quantitative estimate of drug-likeness (QED) is 0.787. The maximum atomic E-state index is 9.13. The molecule has 1 aromatic carbocycles. The highest BCUT2D eigenvalue weighted by molar-refractivity contribution is 7.12. The van der Waals surface area contributed by atoms with Gasteiger partial charge in [0.05, 0.1) is 0 Å². The van der Waals surface area contributed by atoms with E-state index in [1.165, 1.54) is 20.9 Å². The molecule has 0 spiro atoms. The molecular formula is C18H25NOS. The largest absolute Gasteiger partial charge is 0.396 e. The molecule has 2 nitrogen and oxygen atoms in total. The smallest absolute Gasteiger partial charge is 0.0431 e. The van der Waals surface area contributed by atoms with Crippen LogP contribution < -0.4 is 5.32 Å². The van der Waals surface area contributed by atoms with Gasteiger partial charge in [-0.25, -0.2) is 0 Å². The van der Waals surface area contributed by atoms with Crippen molar-refractivity contribution in [2.75, 3.05) is 6.61 Å². The van der Waals surface area contributed by atoms with Crippen molar-refractivity contribution >= 4 is 11.3 Å². The van der Waals surface area contributed by atoms with Gasteiger partial charge in [0.15, 0.2) is 0 Å². The van der Waals surface area contributed by atoms with Crippen molar-refractivity contribution in [3.05, 3.63) is 57.3 Å². The molecule has 21 heavy (non-hydrogen) atoms. The normalized spacial score (nSPS) is 14.1. The highest BCUT2D eigenvalue weighted by Crippen LogP contribution is 2.29. The third-order valence-electron chi connectivity index (χ3n) is 3.85. The summed E-state index contributed by atoms with van der Waals surface area (Å²) in [6, 6.07) is 13.4. The van der Waals surface area contributed by atoms with E-state index in [-0.39, 0.29) is 12.6 Å². The minimum Gasteiger partial charge on any atom is -0.396 e. The van der Waals surface area contributed by atoms with E-state index < -0.39 is 0 Å². The minimum absolute atomic E-state index is 0.246. The Balaban J connectivity index is 2.13. The number of aliphatic hydroxyl groups is 1. The van der Waals surface area contributed by atoms with Crippen molar-refractivity contribution in [2.45, 2.75) is 45.7 Å². The Bertz CT molecular complexity index is 550. The molecule has 0 aliphatic rings. The van der Waals surface area contributed by atoms with Crippen molar-refractivity contribution < 1.29 is 5.11 Å². The SMILES string of the molecule is Cc1cc([C@@H](C)N[C@@H](CCCO)c2ccccc2)c(C)s1. The van der Waals surface area contributed by atoms with Gasteiger partial charge in [0, 0.05) is 28.4 Å². The molecule has 3 heteroatoms. The Morgan fingerprint density at radius 2 is 1.90 bits per heavy atom. The third-order valence-corrected chi connectivity index (χ3v) is 4.83. The van der Waals surface area contributed by atoms with Gasteiger partial charge in [-0.3, -0.25) is 0 Å². The highest BCUT2D eigenvalue weighted by atomic mass is 32.1. The Labute approximate surface area is 131 Å². The first-order valence-corrected chi connectivity index (χ1v) is 8.42. The molecular weight excluding hydrogens is 278 g/mol. The van der Waals surface area contributed by atoms with Crippen LogP contribution in [0.1, 0.15) is 52.7 Å². The van der Waals surface area contributed by atoms with E-state index in [0.29, 0.717) is 6.04 Å². The average Bonchev–Trinajstić information content (AvgIpc) is 2.83. The van der Waals surface area contributed by atoms with Gasteiger partial charge in [-0.2, -0.15) is 0 Å². The predicted molar refractivity (Wildman–Crippen MR) is 90.8 cm³/mol. The molecule has 0 aliphatic carbocycles. The lowest BCUT2D eigenvalue weighted by Crippen LogP contribution is -2.25. The van der Waals surface area contributed by atoms with E-state index in [2.05, 4.69) is 56.4 Å². The number of nitrogens with one attached hydrogen (secondary N) is 1. The average molecular weight is 303 g/mol. The van der Waals surface area contributed by atoms with Gasteiger partial charge in [-0.05, 0) is 50.8 Å². The topological polar surface area (TPSA) is 32.3 Å². The summed E-state index contributed by atoms with van der Waals surface area (Å²) in [4.78, 5) is 2.75. The first-order valence-electron chi connectivity index (χ1n) is 7.60. The van der Waals surface area contributed by atoms with E-state index in [9.17, 15) is 0 Å². The fourth-order valence-electron chi connectivity index (χ4n) is 2.80. The lowest BCUT2D eigenvalue weighted by atomic mass is 9.99. The van der Waals surface area contributed by atoms with Gasteiger partial charge in [0.25, 0.3) is 0 Å². The molecule has 114 valence electrons. The van der Waals surface area contributed by atoms with Crippen molar-refractivity contribution in [1.82, 2.24) is 5.32 Å². The van der Waals surface area contributed by atoms with E-state index >= 15 is 0 Å². The molecule has 2 rings (SSSR count). The Kier molecular flexibility index (Phi) is 5.97. The van der Waals surface area contributed by atoms with Gasteiger partial charge in [0.2, 0.25) is 0 Å². The van der Waals surface area contributed by atoms with Crippen LogP contribution in [0.3, 0.4) is 0 Å². The van der Waals surface area contributed by atoms with Crippen molar-refractivity contribution in [3.8, 4) is 0 Å². The van der Waals surface area contributed by atoms with Crippen LogP contribution in [0.4, 0.5) is 0 Å². The molecule has 0 bridgehead atoms. The van der Waals surface area contributed by atoms with Gasteiger partial charge in [-0.1, -0.05) is 30.3 Å². The van der Waals surface area contributed by atoms with Crippen molar-refractivity contribution in [3.63, 3.8) is 0 Å². The number of thiophene rings is 1. The molecule has 0 radical (unpaired) electrons. The summed E-state index contributed by atoms with van der Waals surface area (Å²) in [5, 5.41) is 12.9. The van der Waals surface area contributed by atoms with Crippen LogP contribution in [0.5, 0.6) is 0 Å². The number of benzene rings is 1. The van der Waals surface area contributed by atoms with Crippen LogP contribution in [-0.4, -0.2) is 11.7 Å². The van der Waals surface area contributed by atoms with Crippen LogP contribution in [-0.2, 0) is 0 Å². The summed E-state index contributed by atoms with van der Waals surface area (Å²) in [5.74, 6) is 0. The van der Waals surface area contributed by atoms with E-state index in [0.717, 1.165) is 12.8 Å². The number of hydrogen-bond acceptors (Lipinski definition) is 3. The third kappa shape index (κ3) is 4.40. The molecule has 2 aromatic rings. The minimum atomic E-state index is 0.246. The molecule has 2 atom stereocenters. The first-order chi connectivity index (χ1) is 10.1. The zero-order chi connectivity index (χ0) is 15.2. The summed E-state index contributed by atoms with van der Waals surface area (Å²) in [5.41, 5.74) is 2.69. The summed E-state index contributed by atoms with van der Waals surface area (Å²) < 4.78 is 0. The lowest BCUT2D eigenvalue weighted by Gasteiger charge is -2.24. The van der Waals surface area contributed by atoms with Crippen molar-refractivity contribution in [2.24, 2.45) is 0 Å². The fourth-order valence-corrected chi connectivity index (χ4v) is 3.82. The first kappa shape index (κ1) is 16.2. The highest BCUT2D eigenvalue weighted by Gasteiger charge is 2.17. The Morgan fingerprint density at radius 1 is 1.19 bits per heavy atom. The zero-order valence-corrected chi connectivity index (χ0v) is 13.9. The second kappa shape index (κ2) is 7.74. The second-order valence-corrected chi connectivity index (χ2v) is 7.05. The van der Waals surface area contributed by atoms with E-state index in [1.54, 1.807) is 0 Å². The lowest BCUT2D eigenvalue weighted by molar-refractivity contribution is 0.272. The zero-order valence-electron chi connectivity index (χ0n) is 13.1. The van der Waals surface area contributed by atoms with Crippen LogP contribution in [0.15, 0.2) is 36.4 Å². The van der Waals surface area contributed by atoms with Crippen LogP contribution in [0, 0.1) is 13.8 Å². The molecule has 0 saturated heterocycles.